The van der Waals surface area contributed by atoms with Crippen LogP contribution in [0.5, 0.6) is 0 Å². The summed E-state index contributed by atoms with van der Waals surface area (Å²) in [6, 6.07) is 16.7. The molecule has 2 unspecified atom stereocenters. The van der Waals surface area contributed by atoms with Crippen molar-refractivity contribution in [3.8, 4) is 6.07 Å². The van der Waals surface area contributed by atoms with Crippen LogP contribution >= 0.6 is 0 Å². The van der Waals surface area contributed by atoms with E-state index >= 15 is 0 Å². The van der Waals surface area contributed by atoms with E-state index in [1.165, 1.54) is 5.56 Å². The van der Waals surface area contributed by atoms with Gasteiger partial charge in [-0.25, -0.2) is 13.1 Å². The zero-order valence-corrected chi connectivity index (χ0v) is 17.7. The first kappa shape index (κ1) is 21.5. The molecule has 0 aliphatic carbocycles. The van der Waals surface area contributed by atoms with Gasteiger partial charge in [0.25, 0.3) is 0 Å². The summed E-state index contributed by atoms with van der Waals surface area (Å²) >= 11 is 0. The first-order chi connectivity index (χ1) is 13.8. The number of hydrogen-bond acceptors (Lipinski definition) is 5. The van der Waals surface area contributed by atoms with Crippen molar-refractivity contribution in [2.75, 3.05) is 13.1 Å². The number of sulfonamides is 1. The number of nitrogens with zero attached hydrogens (tertiary/aromatic N) is 2. The van der Waals surface area contributed by atoms with Gasteiger partial charge in [-0.3, -0.25) is 4.90 Å². The Morgan fingerprint density at radius 1 is 1.07 bits per heavy atom. The number of hydrogen-bond donors (Lipinski definition) is 1. The maximum absolute atomic E-state index is 12.4. The lowest BCUT2D eigenvalue weighted by atomic mass is 10.1. The molecule has 0 radical (unpaired) electrons. The van der Waals surface area contributed by atoms with Crippen LogP contribution in [0.1, 0.15) is 36.1 Å². The largest absolute Gasteiger partial charge is 0.373 e. The zero-order valence-electron chi connectivity index (χ0n) is 16.8. The zero-order chi connectivity index (χ0) is 20.9. The van der Waals surface area contributed by atoms with Crippen molar-refractivity contribution in [2.24, 2.45) is 0 Å². The lowest BCUT2D eigenvalue weighted by Gasteiger charge is -2.35. The third-order valence-electron chi connectivity index (χ3n) is 4.83. The lowest BCUT2D eigenvalue weighted by molar-refractivity contribution is -0.0704. The lowest BCUT2D eigenvalue weighted by Crippen LogP contribution is -2.44. The molecular formula is C22H27N3O3S. The van der Waals surface area contributed by atoms with Gasteiger partial charge in [0.1, 0.15) is 0 Å². The summed E-state index contributed by atoms with van der Waals surface area (Å²) in [7, 11) is -3.48. The molecule has 1 aliphatic rings. The molecule has 0 spiro atoms. The van der Waals surface area contributed by atoms with E-state index in [-0.39, 0.29) is 24.5 Å². The van der Waals surface area contributed by atoms with Crippen molar-refractivity contribution in [3.63, 3.8) is 0 Å². The van der Waals surface area contributed by atoms with Crippen LogP contribution in [-0.2, 0) is 33.6 Å². The normalized spacial score (nSPS) is 20.3. The third-order valence-corrected chi connectivity index (χ3v) is 6.13. The maximum Gasteiger partial charge on any atom is 0.216 e. The third kappa shape index (κ3) is 6.65. The molecule has 0 amide bonds. The summed E-state index contributed by atoms with van der Waals surface area (Å²) in [6.07, 6.45) is 0.475. The summed E-state index contributed by atoms with van der Waals surface area (Å²) in [5.41, 5.74) is 3.16. The predicted octanol–water partition coefficient (Wildman–Crippen LogP) is 2.79. The minimum absolute atomic E-state index is 0.145. The van der Waals surface area contributed by atoms with Crippen LogP contribution in [0.15, 0.2) is 48.5 Å². The Morgan fingerprint density at radius 3 is 2.38 bits per heavy atom. The highest BCUT2D eigenvalue weighted by Crippen LogP contribution is 2.15. The second kappa shape index (κ2) is 9.51. The molecule has 29 heavy (non-hydrogen) atoms. The van der Waals surface area contributed by atoms with Crippen LogP contribution in [0.2, 0.25) is 0 Å². The molecule has 1 aliphatic heterocycles. The first-order valence-corrected chi connectivity index (χ1v) is 11.4. The van der Waals surface area contributed by atoms with Gasteiger partial charge in [-0.2, -0.15) is 5.26 Å². The first-order valence-electron chi connectivity index (χ1n) is 9.75. The molecule has 2 aromatic carbocycles. The quantitative estimate of drug-likeness (QED) is 0.755. The predicted molar refractivity (Wildman–Crippen MR) is 112 cm³/mol. The molecular weight excluding hydrogens is 386 g/mol. The van der Waals surface area contributed by atoms with Gasteiger partial charge in [0.05, 0.1) is 29.6 Å². The molecule has 1 N–H and O–H groups in total. The Kier molecular flexibility index (Phi) is 7.04. The second-order valence-electron chi connectivity index (χ2n) is 7.66. The molecule has 0 saturated carbocycles. The fraction of sp³-hybridized carbons (Fsp3) is 0.409. The Labute approximate surface area is 173 Å². The number of rotatable bonds is 7. The topological polar surface area (TPSA) is 82.4 Å². The van der Waals surface area contributed by atoms with Gasteiger partial charge in [-0.05, 0) is 42.7 Å². The summed E-state index contributed by atoms with van der Waals surface area (Å²) in [4.78, 5) is 2.38. The highest BCUT2D eigenvalue weighted by molar-refractivity contribution is 7.88. The van der Waals surface area contributed by atoms with Crippen molar-refractivity contribution in [3.05, 3.63) is 70.8 Å². The number of morpholine rings is 1. The molecule has 1 saturated heterocycles. The standard InChI is InChI=1S/C22H27N3O3S/c1-17-13-25(14-18(2)28-17)15-20-8-6-19(7-9-20)12-24-29(26,27)16-22-5-3-4-21(10-22)11-23/h3-10,17-18,24H,12-16H2,1-2H3. The van der Waals surface area contributed by atoms with E-state index in [4.69, 9.17) is 10.00 Å². The van der Waals surface area contributed by atoms with Gasteiger partial charge < -0.3 is 4.74 Å². The summed E-state index contributed by atoms with van der Waals surface area (Å²) in [5, 5.41) is 8.94. The molecule has 2 atom stereocenters. The van der Waals surface area contributed by atoms with Crippen molar-refractivity contribution in [2.45, 2.75) is 44.9 Å². The Morgan fingerprint density at radius 2 is 1.72 bits per heavy atom. The Balaban J connectivity index is 1.53. The minimum Gasteiger partial charge on any atom is -0.373 e. The fourth-order valence-electron chi connectivity index (χ4n) is 3.63. The van der Waals surface area contributed by atoms with E-state index in [0.717, 1.165) is 25.2 Å². The average Bonchev–Trinajstić information content (AvgIpc) is 2.66. The molecule has 1 heterocycles. The summed E-state index contributed by atoms with van der Waals surface area (Å²) in [6.45, 7) is 7.12. The van der Waals surface area contributed by atoms with Gasteiger partial charge in [0.2, 0.25) is 10.0 Å². The molecule has 0 bridgehead atoms. The monoisotopic (exact) mass is 413 g/mol. The van der Waals surface area contributed by atoms with Crippen LogP contribution in [0.25, 0.3) is 0 Å². The van der Waals surface area contributed by atoms with Crippen LogP contribution in [0.4, 0.5) is 0 Å². The van der Waals surface area contributed by atoms with Gasteiger partial charge in [0.15, 0.2) is 0 Å². The van der Waals surface area contributed by atoms with Crippen LogP contribution in [-0.4, -0.2) is 38.6 Å². The number of nitrogens with one attached hydrogen (secondary N) is 1. The Hall–Kier alpha value is -2.24. The highest BCUT2D eigenvalue weighted by Gasteiger charge is 2.22. The second-order valence-corrected chi connectivity index (χ2v) is 9.47. The SMILES string of the molecule is CC1CN(Cc2ccc(CNS(=O)(=O)Cc3cccc(C#N)c3)cc2)CC(C)O1. The molecule has 1 fully saturated rings. The smallest absolute Gasteiger partial charge is 0.216 e. The van der Waals surface area contributed by atoms with E-state index in [1.54, 1.807) is 24.3 Å². The van der Waals surface area contributed by atoms with Crippen molar-refractivity contribution in [1.82, 2.24) is 9.62 Å². The van der Waals surface area contributed by atoms with E-state index in [0.29, 0.717) is 11.1 Å². The van der Waals surface area contributed by atoms with Crippen molar-refractivity contribution < 1.29 is 13.2 Å². The summed E-state index contributed by atoms with van der Waals surface area (Å²) < 4.78 is 33.1. The van der Waals surface area contributed by atoms with Crippen LogP contribution in [0.3, 0.4) is 0 Å². The van der Waals surface area contributed by atoms with Gasteiger partial charge >= 0.3 is 0 Å². The molecule has 3 rings (SSSR count). The number of nitriles is 1. The van der Waals surface area contributed by atoms with Gasteiger partial charge in [-0.15, -0.1) is 0 Å². The van der Waals surface area contributed by atoms with Crippen molar-refractivity contribution >= 4 is 10.0 Å². The minimum atomic E-state index is -3.48. The Bertz CT molecular complexity index is 958. The number of benzene rings is 2. The van der Waals surface area contributed by atoms with E-state index < -0.39 is 10.0 Å². The van der Waals surface area contributed by atoms with E-state index in [1.807, 2.05) is 30.3 Å². The number of ether oxygens (including phenoxy) is 1. The highest BCUT2D eigenvalue weighted by atomic mass is 32.2. The maximum atomic E-state index is 12.4. The molecule has 6 nitrogen and oxygen atoms in total. The van der Waals surface area contributed by atoms with Gasteiger partial charge in [-0.1, -0.05) is 36.4 Å². The van der Waals surface area contributed by atoms with E-state index in [2.05, 4.69) is 23.5 Å². The van der Waals surface area contributed by atoms with E-state index in [9.17, 15) is 8.42 Å². The molecule has 0 aromatic heterocycles. The fourth-order valence-corrected chi connectivity index (χ4v) is 4.74. The van der Waals surface area contributed by atoms with Crippen LogP contribution < -0.4 is 4.72 Å². The molecule has 7 heteroatoms. The molecule has 2 aromatic rings. The summed E-state index contributed by atoms with van der Waals surface area (Å²) in [5.74, 6) is -0.145. The van der Waals surface area contributed by atoms with Crippen molar-refractivity contribution in [1.29, 1.82) is 5.26 Å². The average molecular weight is 414 g/mol. The molecule has 154 valence electrons. The van der Waals surface area contributed by atoms with Crippen LogP contribution in [0, 0.1) is 11.3 Å². The van der Waals surface area contributed by atoms with Gasteiger partial charge in [0, 0.05) is 26.2 Å².